The first-order valence-corrected chi connectivity index (χ1v) is 8.37. The number of benzene rings is 2. The van der Waals surface area contributed by atoms with Crippen LogP contribution in [0.25, 0.3) is 0 Å². The number of rotatable bonds is 7. The van der Waals surface area contributed by atoms with Crippen molar-refractivity contribution in [2.24, 2.45) is 0 Å². The fourth-order valence-electron chi connectivity index (χ4n) is 2.65. The molecular weight excluding hydrogens is 321 g/mol. The van der Waals surface area contributed by atoms with E-state index in [0.29, 0.717) is 24.2 Å². The van der Waals surface area contributed by atoms with E-state index in [1.165, 1.54) is 12.1 Å². The second-order valence-corrected chi connectivity index (χ2v) is 5.51. The van der Waals surface area contributed by atoms with E-state index in [1.807, 2.05) is 6.92 Å². The molecule has 0 aliphatic carbocycles. The number of esters is 1. The summed E-state index contributed by atoms with van der Waals surface area (Å²) in [5.41, 5.74) is 1.67. The molecule has 0 radical (unpaired) electrons. The summed E-state index contributed by atoms with van der Waals surface area (Å²) >= 11 is 0. The van der Waals surface area contributed by atoms with Crippen molar-refractivity contribution < 1.29 is 18.7 Å². The van der Waals surface area contributed by atoms with Crippen molar-refractivity contribution in [3.05, 3.63) is 65.5 Å². The van der Waals surface area contributed by atoms with Crippen molar-refractivity contribution in [3.8, 4) is 0 Å². The van der Waals surface area contributed by atoms with Gasteiger partial charge in [0.25, 0.3) is 0 Å². The molecule has 1 amide bonds. The summed E-state index contributed by atoms with van der Waals surface area (Å²) in [7, 11) is 0. The predicted octanol–water partition coefficient (Wildman–Crippen LogP) is 3.99. The van der Waals surface area contributed by atoms with E-state index in [-0.39, 0.29) is 24.8 Å². The van der Waals surface area contributed by atoms with Crippen LogP contribution in [0.2, 0.25) is 0 Å². The molecule has 0 unspecified atom stereocenters. The number of carbonyl (C=O) groups is 2. The van der Waals surface area contributed by atoms with Crippen molar-refractivity contribution >= 4 is 17.6 Å². The molecule has 0 heterocycles. The van der Waals surface area contributed by atoms with Gasteiger partial charge in [-0.1, -0.05) is 24.3 Å². The first-order chi connectivity index (χ1) is 12.1. The SMILES string of the molecule is CCOC(=O)c1ccccc1N(CC)C(=O)CCc1cccc(F)c1. The highest BCUT2D eigenvalue weighted by Crippen LogP contribution is 2.22. The van der Waals surface area contributed by atoms with Crippen molar-refractivity contribution in [1.29, 1.82) is 0 Å². The Balaban J connectivity index is 2.16. The van der Waals surface area contributed by atoms with E-state index >= 15 is 0 Å². The molecule has 4 nitrogen and oxygen atoms in total. The lowest BCUT2D eigenvalue weighted by molar-refractivity contribution is -0.118. The van der Waals surface area contributed by atoms with Gasteiger partial charge in [-0.2, -0.15) is 0 Å². The standard InChI is InChI=1S/C20H22FNO3/c1-3-22(18-11-6-5-10-17(18)20(24)25-4-2)19(23)13-12-15-8-7-9-16(21)14-15/h5-11,14H,3-4,12-13H2,1-2H3. The highest BCUT2D eigenvalue weighted by Gasteiger charge is 2.20. The van der Waals surface area contributed by atoms with Crippen LogP contribution in [0, 0.1) is 5.82 Å². The minimum absolute atomic E-state index is 0.122. The van der Waals surface area contributed by atoms with Crippen molar-refractivity contribution in [2.75, 3.05) is 18.1 Å². The van der Waals surface area contributed by atoms with Gasteiger partial charge < -0.3 is 9.64 Å². The third-order valence-electron chi connectivity index (χ3n) is 3.82. The highest BCUT2D eigenvalue weighted by molar-refractivity contribution is 6.02. The van der Waals surface area contributed by atoms with Gasteiger partial charge in [0, 0.05) is 13.0 Å². The molecule has 5 heteroatoms. The quantitative estimate of drug-likeness (QED) is 0.714. The minimum Gasteiger partial charge on any atom is -0.462 e. The number of hydrogen-bond donors (Lipinski definition) is 0. The van der Waals surface area contributed by atoms with Crippen LogP contribution < -0.4 is 4.90 Å². The van der Waals surface area contributed by atoms with E-state index in [0.717, 1.165) is 5.56 Å². The molecule has 0 spiro atoms. The predicted molar refractivity (Wildman–Crippen MR) is 95.1 cm³/mol. The maximum atomic E-state index is 13.2. The van der Waals surface area contributed by atoms with E-state index in [2.05, 4.69) is 0 Å². The average molecular weight is 343 g/mol. The third kappa shape index (κ3) is 4.89. The van der Waals surface area contributed by atoms with E-state index in [1.54, 1.807) is 48.2 Å². The zero-order valence-corrected chi connectivity index (χ0v) is 14.5. The molecule has 2 aromatic carbocycles. The molecule has 0 aliphatic rings. The molecule has 2 rings (SSSR count). The maximum absolute atomic E-state index is 13.2. The molecule has 0 atom stereocenters. The molecule has 2 aromatic rings. The topological polar surface area (TPSA) is 46.6 Å². The number of ether oxygens (including phenoxy) is 1. The summed E-state index contributed by atoms with van der Waals surface area (Å²) in [5, 5.41) is 0. The Morgan fingerprint density at radius 2 is 1.84 bits per heavy atom. The fourth-order valence-corrected chi connectivity index (χ4v) is 2.65. The Hall–Kier alpha value is -2.69. The maximum Gasteiger partial charge on any atom is 0.340 e. The summed E-state index contributed by atoms with van der Waals surface area (Å²) in [4.78, 5) is 26.3. The number of nitrogens with zero attached hydrogens (tertiary/aromatic N) is 1. The Bertz CT molecular complexity index is 745. The Morgan fingerprint density at radius 3 is 2.52 bits per heavy atom. The van der Waals surface area contributed by atoms with Crippen LogP contribution in [-0.2, 0) is 16.0 Å². The lowest BCUT2D eigenvalue weighted by Crippen LogP contribution is -2.32. The van der Waals surface area contributed by atoms with E-state index < -0.39 is 5.97 Å². The molecule has 132 valence electrons. The van der Waals surface area contributed by atoms with Gasteiger partial charge in [-0.05, 0) is 50.1 Å². The van der Waals surface area contributed by atoms with Crippen LogP contribution in [0.15, 0.2) is 48.5 Å². The molecule has 0 saturated carbocycles. The summed E-state index contributed by atoms with van der Waals surface area (Å²) in [5.74, 6) is -0.886. The zero-order valence-electron chi connectivity index (χ0n) is 14.5. The Morgan fingerprint density at radius 1 is 1.08 bits per heavy atom. The molecule has 0 fully saturated rings. The Kier molecular flexibility index (Phi) is 6.69. The largest absolute Gasteiger partial charge is 0.462 e. The number of halogens is 1. The van der Waals surface area contributed by atoms with Crippen LogP contribution in [0.3, 0.4) is 0 Å². The second kappa shape index (κ2) is 8.97. The Labute approximate surface area is 147 Å². The number of aryl methyl sites for hydroxylation is 1. The first kappa shape index (κ1) is 18.6. The summed E-state index contributed by atoms with van der Waals surface area (Å²) in [6.45, 7) is 4.29. The number of anilines is 1. The van der Waals surface area contributed by atoms with Gasteiger partial charge in [0.2, 0.25) is 5.91 Å². The lowest BCUT2D eigenvalue weighted by Gasteiger charge is -2.23. The third-order valence-corrected chi connectivity index (χ3v) is 3.82. The molecular formula is C20H22FNO3. The summed E-state index contributed by atoms with van der Waals surface area (Å²) in [6.07, 6.45) is 0.670. The smallest absolute Gasteiger partial charge is 0.340 e. The van der Waals surface area contributed by atoms with Crippen LogP contribution in [0.5, 0.6) is 0 Å². The monoisotopic (exact) mass is 343 g/mol. The van der Waals surface area contributed by atoms with Crippen LogP contribution in [-0.4, -0.2) is 25.0 Å². The summed E-state index contributed by atoms with van der Waals surface area (Å²) in [6, 6.07) is 13.1. The number of para-hydroxylation sites is 1. The normalized spacial score (nSPS) is 10.4. The van der Waals surface area contributed by atoms with Gasteiger partial charge in [0.1, 0.15) is 5.82 Å². The van der Waals surface area contributed by atoms with Crippen molar-refractivity contribution in [1.82, 2.24) is 0 Å². The van der Waals surface area contributed by atoms with Crippen LogP contribution in [0.1, 0.15) is 36.2 Å². The van der Waals surface area contributed by atoms with Crippen LogP contribution in [0.4, 0.5) is 10.1 Å². The molecule has 25 heavy (non-hydrogen) atoms. The van der Waals surface area contributed by atoms with E-state index in [4.69, 9.17) is 4.74 Å². The molecule has 0 bridgehead atoms. The summed E-state index contributed by atoms with van der Waals surface area (Å²) < 4.78 is 18.3. The van der Waals surface area contributed by atoms with Gasteiger partial charge in [-0.3, -0.25) is 4.79 Å². The first-order valence-electron chi connectivity index (χ1n) is 8.37. The number of hydrogen-bond acceptors (Lipinski definition) is 3. The highest BCUT2D eigenvalue weighted by atomic mass is 19.1. The van der Waals surface area contributed by atoms with Gasteiger partial charge in [0.05, 0.1) is 17.9 Å². The minimum atomic E-state index is -0.450. The molecule has 0 aliphatic heterocycles. The number of amides is 1. The second-order valence-electron chi connectivity index (χ2n) is 5.51. The van der Waals surface area contributed by atoms with Crippen molar-refractivity contribution in [2.45, 2.75) is 26.7 Å². The van der Waals surface area contributed by atoms with Gasteiger partial charge in [-0.25, -0.2) is 9.18 Å². The number of carbonyl (C=O) groups excluding carboxylic acids is 2. The van der Waals surface area contributed by atoms with Gasteiger partial charge >= 0.3 is 5.97 Å². The average Bonchev–Trinajstić information content (AvgIpc) is 2.61. The zero-order chi connectivity index (χ0) is 18.2. The van der Waals surface area contributed by atoms with Gasteiger partial charge in [-0.15, -0.1) is 0 Å². The molecule has 0 aromatic heterocycles. The fraction of sp³-hybridized carbons (Fsp3) is 0.300. The lowest BCUT2D eigenvalue weighted by atomic mass is 10.1. The molecule has 0 saturated heterocycles. The van der Waals surface area contributed by atoms with Gasteiger partial charge in [0.15, 0.2) is 0 Å². The van der Waals surface area contributed by atoms with E-state index in [9.17, 15) is 14.0 Å². The van der Waals surface area contributed by atoms with Crippen molar-refractivity contribution in [3.63, 3.8) is 0 Å². The molecule has 0 N–H and O–H groups in total. The van der Waals surface area contributed by atoms with Crippen LogP contribution >= 0.6 is 0 Å².